The van der Waals surface area contributed by atoms with Gasteiger partial charge in [-0.1, -0.05) is 294 Å². The van der Waals surface area contributed by atoms with Crippen molar-refractivity contribution in [2.75, 3.05) is 154 Å². The van der Waals surface area contributed by atoms with Crippen LogP contribution in [-0.4, -0.2) is 199 Å². The lowest BCUT2D eigenvalue weighted by atomic mass is 10.2. The Labute approximate surface area is 885 Å². The molecule has 6 aromatic heterocycles. The Morgan fingerprint density at radius 3 is 0.378 bits per heavy atom. The summed E-state index contributed by atoms with van der Waals surface area (Å²) in [5.41, 5.74) is 12.9. The van der Waals surface area contributed by atoms with Gasteiger partial charge in [-0.05, 0) is 170 Å². The number of para-hydroxylation sites is 6. The lowest BCUT2D eigenvalue weighted by molar-refractivity contribution is 0.475. The van der Waals surface area contributed by atoms with Crippen molar-refractivity contribution in [1.29, 1.82) is 0 Å². The molecule has 0 aliphatic heterocycles. The van der Waals surface area contributed by atoms with E-state index in [-0.39, 0.29) is 11.9 Å². The number of phenolic OH excluding ortho intramolecular Hbond substituents is 6. The third-order valence-corrected chi connectivity index (χ3v) is 14.7. The SMILES string of the molecule is CC.CC.CC.CC.CC.CC.CC.CC.CC.CCNc1nc(C)nc(NCC)n1.CCNc1nc(C)nc(NCC)n1.CCNc1nc(N)nc(NCC)n1.CCNc1nc(N)nc(NCC)n1.CCNc1nc(NCC)nc(-c2ccccc2)n1.CCNc1nc(NCC)nc(-c2ccccc2)n1.Oc1ccccc1.Oc1ccccc1.Oc1ccccc1.Oc1ccccc1.Oc1ccccc1.Oc1ccccc1. The van der Waals surface area contributed by atoms with Gasteiger partial charge in [0.15, 0.2) is 11.6 Å². The summed E-state index contributed by atoms with van der Waals surface area (Å²) in [4.78, 5) is 74.9. The summed E-state index contributed by atoms with van der Waals surface area (Å²) < 4.78 is 0. The Morgan fingerprint density at radius 1 is 0.162 bits per heavy atom. The molecular formula is C110H182N32O6. The molecule has 0 bridgehead atoms. The molecule has 818 valence electrons. The van der Waals surface area contributed by atoms with E-state index in [1.807, 2.05) is 319 Å². The van der Waals surface area contributed by atoms with Crippen LogP contribution in [0, 0.1) is 13.8 Å². The lowest BCUT2D eigenvalue weighted by Gasteiger charge is -2.08. The fourth-order valence-corrected chi connectivity index (χ4v) is 9.35. The minimum Gasteiger partial charge on any atom is -0.508 e. The van der Waals surface area contributed by atoms with Gasteiger partial charge in [-0.15, -0.1) is 0 Å². The molecule has 0 radical (unpaired) electrons. The number of phenols is 6. The van der Waals surface area contributed by atoms with Gasteiger partial charge in [0.2, 0.25) is 83.3 Å². The van der Waals surface area contributed by atoms with Crippen LogP contribution in [0.1, 0.15) is 219 Å². The molecular weight excluding hydrogens is 1870 g/mol. The Morgan fingerprint density at radius 2 is 0.270 bits per heavy atom. The Bertz CT molecular complexity index is 4420. The molecule has 22 N–H and O–H groups in total. The second-order valence-corrected chi connectivity index (χ2v) is 25.5. The van der Waals surface area contributed by atoms with Crippen molar-refractivity contribution in [2.45, 2.75) is 222 Å². The molecule has 38 heteroatoms. The van der Waals surface area contributed by atoms with Gasteiger partial charge in [0.25, 0.3) is 0 Å². The van der Waals surface area contributed by atoms with Crippen molar-refractivity contribution < 1.29 is 30.6 Å². The van der Waals surface area contributed by atoms with Gasteiger partial charge < -0.3 is 106 Å². The molecule has 0 saturated heterocycles. The molecule has 14 rings (SSSR count). The number of benzene rings is 8. The second kappa shape index (κ2) is 107. The zero-order chi connectivity index (χ0) is 113. The summed E-state index contributed by atoms with van der Waals surface area (Å²) in [6, 6.07) is 72.1. The van der Waals surface area contributed by atoms with Gasteiger partial charge in [-0.25, -0.2) is 0 Å². The number of aromatic hydroxyl groups is 6. The first kappa shape index (κ1) is 145. The van der Waals surface area contributed by atoms with E-state index < -0.39 is 0 Å². The maximum atomic E-state index is 8.63. The van der Waals surface area contributed by atoms with E-state index >= 15 is 0 Å². The van der Waals surface area contributed by atoms with Gasteiger partial charge in [0, 0.05) is 89.7 Å². The van der Waals surface area contributed by atoms with E-state index in [2.05, 4.69) is 154 Å². The quantitative estimate of drug-likeness (QED) is 0.0239. The number of nitrogen functional groups attached to an aromatic ring is 2. The van der Waals surface area contributed by atoms with Crippen LogP contribution in [0.15, 0.2) is 243 Å². The highest BCUT2D eigenvalue weighted by Gasteiger charge is 2.11. The summed E-state index contributed by atoms with van der Waals surface area (Å²) in [5.74, 6) is 12.1. The standard InChI is InChI=1S/2C13H17N5.2C8H15N5.2C7H14N6.6C6H6O.9C2H6/c2*1-3-14-12-16-11(10-8-6-5-7-9-10)17-13(18-12)15-4-2;2*1-4-9-7-11-6(3)12-8(13-7)10-5-2;2*1-3-9-6-11-5(8)12-7(13-6)10-4-2;6*7-6-4-2-1-3-5-6;9*1-2/h2*5-9H,3-4H2,1-2H3,(H2,14,15,16,17,18);2*4-5H2,1-3H3,(H2,9,10,11,12,13);2*3-4H2,1-2H3,(H4,8,9,10,11,12,13);6*1-5,7H;9*1-2H3. The Hall–Kier alpha value is -16.2. The third-order valence-electron chi connectivity index (χ3n) is 14.7. The normalized spacial score (nSPS) is 8.68. The number of nitrogens with zero attached hydrogens (tertiary/aromatic N) is 18. The zero-order valence-electron chi connectivity index (χ0n) is 94.5. The molecule has 0 fully saturated rings. The molecule has 0 atom stereocenters. The first-order valence-corrected chi connectivity index (χ1v) is 51.5. The highest BCUT2D eigenvalue weighted by atomic mass is 16.3. The molecule has 8 aromatic carbocycles. The molecule has 148 heavy (non-hydrogen) atoms. The van der Waals surface area contributed by atoms with Crippen LogP contribution in [0.25, 0.3) is 22.8 Å². The summed E-state index contributed by atoms with van der Waals surface area (Å²) in [6.45, 7) is 73.1. The Kier molecular flexibility index (Phi) is 104. The number of rotatable bonds is 26. The molecule has 0 aliphatic carbocycles. The maximum absolute atomic E-state index is 8.63. The van der Waals surface area contributed by atoms with Crippen molar-refractivity contribution in [1.82, 2.24) is 89.7 Å². The van der Waals surface area contributed by atoms with Crippen LogP contribution in [0.4, 0.5) is 83.3 Å². The number of anilines is 14. The fourth-order valence-electron chi connectivity index (χ4n) is 9.35. The number of nitrogens with two attached hydrogens (primary N) is 2. The van der Waals surface area contributed by atoms with Crippen LogP contribution >= 0.6 is 0 Å². The van der Waals surface area contributed by atoms with E-state index in [1.54, 1.807) is 146 Å². The van der Waals surface area contributed by atoms with Crippen LogP contribution in [0.3, 0.4) is 0 Å². The predicted molar refractivity (Wildman–Crippen MR) is 629 cm³/mol. The topological polar surface area (TPSA) is 550 Å². The minimum absolute atomic E-state index is 0.224. The summed E-state index contributed by atoms with van der Waals surface area (Å²) in [6.07, 6.45) is 0. The monoisotopic (exact) mass is 2050 g/mol. The van der Waals surface area contributed by atoms with E-state index in [4.69, 9.17) is 42.1 Å². The van der Waals surface area contributed by atoms with Crippen LogP contribution in [0.5, 0.6) is 34.5 Å². The highest BCUT2D eigenvalue weighted by molar-refractivity contribution is 5.59. The van der Waals surface area contributed by atoms with E-state index in [1.165, 1.54) is 0 Å². The van der Waals surface area contributed by atoms with Crippen molar-refractivity contribution in [3.63, 3.8) is 0 Å². The molecule has 0 amide bonds. The van der Waals surface area contributed by atoms with Crippen molar-refractivity contribution in [2.24, 2.45) is 0 Å². The van der Waals surface area contributed by atoms with Gasteiger partial charge in [-0.3, -0.25) is 0 Å². The first-order chi connectivity index (χ1) is 72.1. The highest BCUT2D eigenvalue weighted by Crippen LogP contribution is 2.20. The number of hydrogen-bond donors (Lipinski definition) is 20. The van der Waals surface area contributed by atoms with Gasteiger partial charge in [0.1, 0.15) is 46.1 Å². The van der Waals surface area contributed by atoms with Gasteiger partial charge in [-0.2, -0.15) is 89.7 Å². The van der Waals surface area contributed by atoms with E-state index in [0.29, 0.717) is 118 Å². The molecule has 38 nitrogen and oxygen atoms in total. The average Bonchev–Trinajstić information content (AvgIpc) is 0.839. The van der Waals surface area contributed by atoms with Gasteiger partial charge >= 0.3 is 0 Å². The summed E-state index contributed by atoms with van der Waals surface area (Å²) >= 11 is 0. The van der Waals surface area contributed by atoms with Crippen LogP contribution in [-0.2, 0) is 0 Å². The molecule has 6 heterocycles. The fraction of sp³-hybridized carbons (Fsp3) is 0.400. The zero-order valence-corrected chi connectivity index (χ0v) is 94.5. The average molecular weight is 2050 g/mol. The first-order valence-electron chi connectivity index (χ1n) is 51.5. The predicted octanol–water partition coefficient (Wildman–Crippen LogP) is 25.1. The summed E-state index contributed by atoms with van der Waals surface area (Å²) in [7, 11) is 0. The maximum Gasteiger partial charge on any atom is 0.229 e. The molecule has 0 unspecified atom stereocenters. The number of aryl methyl sites for hydroxylation is 2. The van der Waals surface area contributed by atoms with Crippen molar-refractivity contribution in [3.05, 3.63) is 254 Å². The lowest BCUT2D eigenvalue weighted by Crippen LogP contribution is -2.10. The third kappa shape index (κ3) is 80.3. The Balaban J connectivity index is -0.000000292. The van der Waals surface area contributed by atoms with Crippen LogP contribution in [0.2, 0.25) is 0 Å². The number of hydrogen-bond acceptors (Lipinski definition) is 38. The molecule has 0 spiro atoms. The van der Waals surface area contributed by atoms with E-state index in [9.17, 15) is 0 Å². The molecule has 0 saturated carbocycles. The second-order valence-electron chi connectivity index (χ2n) is 25.5. The number of aromatic nitrogens is 18. The van der Waals surface area contributed by atoms with Crippen molar-refractivity contribution in [3.8, 4) is 57.3 Å². The largest absolute Gasteiger partial charge is 0.508 e. The summed E-state index contributed by atoms with van der Waals surface area (Å²) in [5, 5.41) is 88.3. The van der Waals surface area contributed by atoms with Gasteiger partial charge in [0.05, 0.1) is 0 Å². The molecule has 0 aliphatic rings. The molecule has 14 aromatic rings. The minimum atomic E-state index is 0.224. The smallest absolute Gasteiger partial charge is 0.229 e. The van der Waals surface area contributed by atoms with E-state index in [0.717, 1.165) is 101 Å². The van der Waals surface area contributed by atoms with Crippen LogP contribution < -0.4 is 75.3 Å². The number of nitrogens with one attached hydrogen (secondary N) is 12. The van der Waals surface area contributed by atoms with Crippen molar-refractivity contribution >= 4 is 83.3 Å².